The first-order valence-electron chi connectivity index (χ1n) is 9.70. The summed E-state index contributed by atoms with van der Waals surface area (Å²) in [6, 6.07) is 0. The Morgan fingerprint density at radius 2 is 1.05 bits per heavy atom. The molecule has 0 aliphatic rings. The lowest BCUT2D eigenvalue weighted by atomic mass is 9.90. The Labute approximate surface area is 134 Å². The molecule has 21 heavy (non-hydrogen) atoms. The molecule has 0 saturated heterocycles. The second kappa shape index (κ2) is 17.7. The van der Waals surface area contributed by atoms with Crippen LogP contribution in [0.2, 0.25) is 0 Å². The Kier molecular flexibility index (Phi) is 17.4. The Morgan fingerprint density at radius 3 is 1.48 bits per heavy atom. The van der Waals surface area contributed by atoms with Crippen LogP contribution >= 0.6 is 0 Å². The summed E-state index contributed by atoms with van der Waals surface area (Å²) in [5.41, 5.74) is 0. The average Bonchev–Trinajstić information content (AvgIpc) is 2.50. The quantitative estimate of drug-likeness (QED) is 0.264. The first-order valence-corrected chi connectivity index (χ1v) is 9.70. The molecule has 0 aromatic rings. The highest BCUT2D eigenvalue weighted by atomic mass is 16.1. The van der Waals surface area contributed by atoms with Crippen LogP contribution in [0.1, 0.15) is 117 Å². The van der Waals surface area contributed by atoms with E-state index in [-0.39, 0.29) is 0 Å². The van der Waals surface area contributed by atoms with Gasteiger partial charge < -0.3 is 0 Å². The Morgan fingerprint density at radius 1 is 0.619 bits per heavy atom. The zero-order valence-corrected chi connectivity index (χ0v) is 14.8. The Hall–Kier alpha value is -0.330. The van der Waals surface area contributed by atoms with Gasteiger partial charge in [0, 0.05) is 6.42 Å². The van der Waals surface area contributed by atoms with E-state index in [4.69, 9.17) is 0 Å². The van der Waals surface area contributed by atoms with E-state index in [0.717, 1.165) is 12.3 Å². The molecule has 0 spiro atoms. The van der Waals surface area contributed by atoms with Crippen LogP contribution in [0.4, 0.5) is 0 Å². The zero-order chi connectivity index (χ0) is 15.6. The maximum absolute atomic E-state index is 10.5. The van der Waals surface area contributed by atoms with Crippen LogP contribution in [0.3, 0.4) is 0 Å². The smallest absolute Gasteiger partial charge is 0.198 e. The van der Waals surface area contributed by atoms with Gasteiger partial charge in [-0.15, -0.1) is 0 Å². The van der Waals surface area contributed by atoms with Gasteiger partial charge in [-0.2, -0.15) is 0 Å². The number of hydrogen-bond acceptors (Lipinski definition) is 1. The third kappa shape index (κ3) is 15.9. The van der Waals surface area contributed by atoms with Crippen molar-refractivity contribution in [2.75, 3.05) is 0 Å². The highest BCUT2D eigenvalue weighted by Crippen LogP contribution is 2.22. The van der Waals surface area contributed by atoms with Crippen molar-refractivity contribution in [2.45, 2.75) is 117 Å². The van der Waals surface area contributed by atoms with Crippen LogP contribution in [0.15, 0.2) is 0 Å². The van der Waals surface area contributed by atoms with Gasteiger partial charge in [0.15, 0.2) is 6.29 Å². The molecule has 0 aromatic carbocycles. The third-order valence-corrected chi connectivity index (χ3v) is 4.59. The van der Waals surface area contributed by atoms with E-state index in [0.29, 0.717) is 6.42 Å². The maximum Gasteiger partial charge on any atom is 0.198 e. The molecule has 1 atom stereocenters. The molecule has 1 heteroatoms. The predicted octanol–water partition coefficient (Wildman–Crippen LogP) is 6.99. The van der Waals surface area contributed by atoms with Gasteiger partial charge in [-0.3, -0.25) is 4.79 Å². The standard InChI is InChI=1S/C20H39O/c1-3-5-7-9-10-12-14-17-20(18-15-19-21)16-13-11-8-6-4-2/h20H,3-18H2,1-2H3. The molecule has 1 radical (unpaired) electrons. The minimum atomic E-state index is 0.649. The molecule has 0 aliphatic carbocycles. The van der Waals surface area contributed by atoms with E-state index in [1.165, 1.54) is 89.9 Å². The van der Waals surface area contributed by atoms with Crippen molar-refractivity contribution < 1.29 is 4.79 Å². The Balaban J connectivity index is 3.57. The molecule has 0 aliphatic heterocycles. The number of rotatable bonds is 17. The molecular formula is C20H39O. The van der Waals surface area contributed by atoms with E-state index in [1.807, 2.05) is 0 Å². The van der Waals surface area contributed by atoms with Gasteiger partial charge in [0.2, 0.25) is 0 Å². The summed E-state index contributed by atoms with van der Waals surface area (Å²) in [7, 11) is 0. The van der Waals surface area contributed by atoms with Gasteiger partial charge in [0.05, 0.1) is 0 Å². The molecule has 0 bridgehead atoms. The van der Waals surface area contributed by atoms with Crippen molar-refractivity contribution in [3.8, 4) is 0 Å². The third-order valence-electron chi connectivity index (χ3n) is 4.59. The summed E-state index contributed by atoms with van der Waals surface area (Å²) in [6.45, 7) is 4.54. The zero-order valence-electron chi connectivity index (χ0n) is 14.8. The molecule has 1 nitrogen and oxygen atoms in total. The summed E-state index contributed by atoms with van der Waals surface area (Å²) in [5.74, 6) is 0.781. The van der Waals surface area contributed by atoms with E-state index in [2.05, 4.69) is 20.1 Å². The second-order valence-electron chi connectivity index (χ2n) is 6.66. The normalized spacial score (nSPS) is 12.5. The summed E-state index contributed by atoms with van der Waals surface area (Å²) in [5, 5.41) is 0. The largest absolute Gasteiger partial charge is 0.291 e. The predicted molar refractivity (Wildman–Crippen MR) is 94.4 cm³/mol. The van der Waals surface area contributed by atoms with Gasteiger partial charge in [0.25, 0.3) is 0 Å². The summed E-state index contributed by atoms with van der Waals surface area (Å²) in [4.78, 5) is 10.5. The van der Waals surface area contributed by atoms with E-state index in [9.17, 15) is 4.79 Å². The monoisotopic (exact) mass is 295 g/mol. The van der Waals surface area contributed by atoms with Crippen LogP contribution in [0.25, 0.3) is 0 Å². The highest BCUT2D eigenvalue weighted by molar-refractivity contribution is 5.50. The fourth-order valence-electron chi connectivity index (χ4n) is 3.12. The van der Waals surface area contributed by atoms with E-state index < -0.39 is 0 Å². The molecule has 125 valence electrons. The SMILES string of the molecule is CCCCCCCCCC(CC[C]=O)CCCCCCC. The summed E-state index contributed by atoms with van der Waals surface area (Å²) >= 11 is 0. The number of carbonyl (C=O) groups excluding carboxylic acids is 1. The first-order chi connectivity index (χ1) is 10.3. The van der Waals surface area contributed by atoms with E-state index in [1.54, 1.807) is 0 Å². The second-order valence-corrected chi connectivity index (χ2v) is 6.66. The molecular weight excluding hydrogens is 256 g/mol. The Bertz CT molecular complexity index is 200. The van der Waals surface area contributed by atoms with Crippen molar-refractivity contribution in [1.82, 2.24) is 0 Å². The van der Waals surface area contributed by atoms with Crippen molar-refractivity contribution in [2.24, 2.45) is 5.92 Å². The van der Waals surface area contributed by atoms with Crippen LogP contribution in [0.5, 0.6) is 0 Å². The average molecular weight is 296 g/mol. The lowest BCUT2D eigenvalue weighted by Crippen LogP contribution is -2.01. The molecule has 0 heterocycles. The molecule has 0 saturated carbocycles. The van der Waals surface area contributed by atoms with Crippen LogP contribution < -0.4 is 0 Å². The van der Waals surface area contributed by atoms with Crippen LogP contribution in [-0.2, 0) is 4.79 Å². The molecule has 0 fully saturated rings. The molecule has 0 amide bonds. The lowest BCUT2D eigenvalue weighted by Gasteiger charge is -2.15. The fourth-order valence-corrected chi connectivity index (χ4v) is 3.12. The highest BCUT2D eigenvalue weighted by Gasteiger charge is 2.08. The molecule has 0 rings (SSSR count). The minimum absolute atomic E-state index is 0.649. The van der Waals surface area contributed by atoms with E-state index >= 15 is 0 Å². The van der Waals surface area contributed by atoms with Crippen LogP contribution in [-0.4, -0.2) is 6.29 Å². The molecule has 1 unspecified atom stereocenters. The maximum atomic E-state index is 10.5. The lowest BCUT2D eigenvalue weighted by molar-refractivity contribution is 0.383. The van der Waals surface area contributed by atoms with Crippen LogP contribution in [0, 0.1) is 5.92 Å². The van der Waals surface area contributed by atoms with Crippen molar-refractivity contribution in [3.05, 3.63) is 0 Å². The summed E-state index contributed by atoms with van der Waals surface area (Å²) < 4.78 is 0. The van der Waals surface area contributed by atoms with Crippen molar-refractivity contribution >= 4 is 6.29 Å². The van der Waals surface area contributed by atoms with Gasteiger partial charge in [-0.25, -0.2) is 0 Å². The van der Waals surface area contributed by atoms with Crippen molar-refractivity contribution in [3.63, 3.8) is 0 Å². The van der Waals surface area contributed by atoms with Gasteiger partial charge >= 0.3 is 0 Å². The number of hydrogen-bond donors (Lipinski definition) is 0. The van der Waals surface area contributed by atoms with Crippen molar-refractivity contribution in [1.29, 1.82) is 0 Å². The topological polar surface area (TPSA) is 17.1 Å². The minimum Gasteiger partial charge on any atom is -0.291 e. The number of unbranched alkanes of at least 4 members (excludes halogenated alkanes) is 10. The van der Waals surface area contributed by atoms with Gasteiger partial charge in [0.1, 0.15) is 0 Å². The van der Waals surface area contributed by atoms with Gasteiger partial charge in [-0.05, 0) is 12.3 Å². The fraction of sp³-hybridized carbons (Fsp3) is 0.950. The molecule has 0 aromatic heterocycles. The first kappa shape index (κ1) is 20.7. The summed E-state index contributed by atoms with van der Waals surface area (Å²) in [6.07, 6.45) is 23.0. The molecule has 0 N–H and O–H groups in total. The van der Waals surface area contributed by atoms with Gasteiger partial charge in [-0.1, -0.05) is 104 Å².